The number of phenolic OH excluding ortho intramolecular Hbond substituents is 1. The number of para-hydroxylation sites is 2. The molecule has 0 aromatic heterocycles. The van der Waals surface area contributed by atoms with Crippen molar-refractivity contribution in [2.24, 2.45) is 4.99 Å². The molecule has 0 bridgehead atoms. The lowest BCUT2D eigenvalue weighted by atomic mass is 10.2. The Morgan fingerprint density at radius 1 is 1.14 bits per heavy atom. The highest BCUT2D eigenvalue weighted by Gasteiger charge is 2.21. The predicted molar refractivity (Wildman–Crippen MR) is 125 cm³/mol. The minimum atomic E-state index is -0.190. The van der Waals surface area contributed by atoms with E-state index in [2.05, 4.69) is 20.1 Å². The van der Waals surface area contributed by atoms with Gasteiger partial charge in [0.2, 0.25) is 0 Å². The molecule has 1 saturated heterocycles. The van der Waals surface area contributed by atoms with Gasteiger partial charge in [0.25, 0.3) is 0 Å². The van der Waals surface area contributed by atoms with Gasteiger partial charge in [0, 0.05) is 38.3 Å². The van der Waals surface area contributed by atoms with Crippen LogP contribution < -0.4 is 15.0 Å². The molecule has 8 heteroatoms. The Hall–Kier alpha value is -2.23. The van der Waals surface area contributed by atoms with Crippen LogP contribution in [0.3, 0.4) is 0 Å². The third-order valence-electron chi connectivity index (χ3n) is 4.81. The van der Waals surface area contributed by atoms with Crippen molar-refractivity contribution in [1.82, 2.24) is 10.2 Å². The SMILES string of the molecule is CCNC(=NCc1cccc(OC)c1O)N1CCN(c2ccccc2F)CC1.I. The molecule has 1 heterocycles. The van der Waals surface area contributed by atoms with Crippen LogP contribution in [-0.2, 0) is 6.54 Å². The molecule has 158 valence electrons. The first kappa shape index (κ1) is 23.1. The van der Waals surface area contributed by atoms with E-state index in [1.807, 2.05) is 31.2 Å². The molecule has 0 atom stereocenters. The summed E-state index contributed by atoms with van der Waals surface area (Å²) in [5.41, 5.74) is 1.35. The van der Waals surface area contributed by atoms with E-state index in [1.54, 1.807) is 12.1 Å². The van der Waals surface area contributed by atoms with E-state index in [0.717, 1.165) is 38.7 Å². The zero-order valence-corrected chi connectivity index (χ0v) is 19.1. The number of aromatic hydroxyl groups is 1. The van der Waals surface area contributed by atoms with E-state index >= 15 is 0 Å². The summed E-state index contributed by atoms with van der Waals surface area (Å²) in [6.45, 7) is 6.03. The molecule has 2 N–H and O–H groups in total. The van der Waals surface area contributed by atoms with E-state index in [4.69, 9.17) is 4.74 Å². The number of guanidine groups is 1. The molecule has 2 aromatic carbocycles. The fraction of sp³-hybridized carbons (Fsp3) is 0.381. The number of rotatable bonds is 5. The number of piperazine rings is 1. The molecule has 0 spiro atoms. The zero-order chi connectivity index (χ0) is 19.9. The smallest absolute Gasteiger partial charge is 0.194 e. The second-order valence-corrected chi connectivity index (χ2v) is 6.56. The molecule has 0 aliphatic carbocycles. The Balaban J connectivity index is 0.00000300. The number of aliphatic imine (C=N–C) groups is 1. The topological polar surface area (TPSA) is 60.3 Å². The van der Waals surface area contributed by atoms with E-state index in [-0.39, 0.29) is 35.5 Å². The number of nitrogens with zero attached hydrogens (tertiary/aromatic N) is 3. The number of nitrogens with one attached hydrogen (secondary N) is 1. The molecule has 6 nitrogen and oxygen atoms in total. The molecule has 0 radical (unpaired) electrons. The van der Waals surface area contributed by atoms with Crippen molar-refractivity contribution < 1.29 is 14.2 Å². The number of benzene rings is 2. The summed E-state index contributed by atoms with van der Waals surface area (Å²) in [6.07, 6.45) is 0. The average molecular weight is 514 g/mol. The molecule has 29 heavy (non-hydrogen) atoms. The highest BCUT2D eigenvalue weighted by Crippen LogP contribution is 2.29. The maximum Gasteiger partial charge on any atom is 0.194 e. The van der Waals surface area contributed by atoms with Crippen LogP contribution in [0.25, 0.3) is 0 Å². The zero-order valence-electron chi connectivity index (χ0n) is 16.8. The van der Waals surface area contributed by atoms with Crippen LogP contribution in [0.4, 0.5) is 10.1 Å². The maximum absolute atomic E-state index is 14.0. The third kappa shape index (κ3) is 5.65. The van der Waals surface area contributed by atoms with Gasteiger partial charge in [-0.25, -0.2) is 9.38 Å². The van der Waals surface area contributed by atoms with Crippen molar-refractivity contribution in [3.8, 4) is 11.5 Å². The number of hydrogen-bond acceptors (Lipinski definition) is 4. The number of ether oxygens (including phenoxy) is 1. The molecule has 0 unspecified atom stereocenters. The van der Waals surface area contributed by atoms with Crippen molar-refractivity contribution in [3.63, 3.8) is 0 Å². The van der Waals surface area contributed by atoms with Crippen molar-refractivity contribution in [2.45, 2.75) is 13.5 Å². The van der Waals surface area contributed by atoms with Gasteiger partial charge in [-0.1, -0.05) is 24.3 Å². The molecule has 1 fully saturated rings. The van der Waals surface area contributed by atoms with Gasteiger partial charge in [0.05, 0.1) is 19.3 Å². The van der Waals surface area contributed by atoms with Gasteiger partial charge in [-0.3, -0.25) is 0 Å². The van der Waals surface area contributed by atoms with Crippen LogP contribution in [0, 0.1) is 5.82 Å². The van der Waals surface area contributed by atoms with E-state index < -0.39 is 0 Å². The van der Waals surface area contributed by atoms with Crippen LogP contribution >= 0.6 is 24.0 Å². The van der Waals surface area contributed by atoms with Gasteiger partial charge < -0.3 is 25.0 Å². The monoisotopic (exact) mass is 514 g/mol. The van der Waals surface area contributed by atoms with E-state index in [0.29, 0.717) is 23.5 Å². The Morgan fingerprint density at radius 2 is 1.86 bits per heavy atom. The summed E-state index contributed by atoms with van der Waals surface area (Å²) in [5.74, 6) is 1.16. The van der Waals surface area contributed by atoms with Crippen LogP contribution in [0.15, 0.2) is 47.5 Å². The second-order valence-electron chi connectivity index (χ2n) is 6.56. The van der Waals surface area contributed by atoms with Gasteiger partial charge in [-0.2, -0.15) is 0 Å². The summed E-state index contributed by atoms with van der Waals surface area (Å²) in [7, 11) is 1.53. The molecule has 1 aliphatic rings. The number of hydrogen-bond donors (Lipinski definition) is 2. The van der Waals surface area contributed by atoms with Crippen molar-refractivity contribution in [2.75, 3.05) is 44.7 Å². The standard InChI is InChI=1S/C21H27FN4O2.HI/c1-3-23-21(24-15-16-7-6-10-19(28-2)20(16)27)26-13-11-25(12-14-26)18-9-5-4-8-17(18)22;/h4-10,27H,3,11-15H2,1-2H3,(H,23,24);1H. The van der Waals surface area contributed by atoms with Crippen LogP contribution in [-0.4, -0.2) is 55.8 Å². The number of halogens is 2. The quantitative estimate of drug-likeness (QED) is 0.364. The van der Waals surface area contributed by atoms with Gasteiger partial charge in [-0.15, -0.1) is 24.0 Å². The number of phenols is 1. The highest BCUT2D eigenvalue weighted by molar-refractivity contribution is 14.0. The Morgan fingerprint density at radius 3 is 2.52 bits per heavy atom. The maximum atomic E-state index is 14.0. The molecule has 0 saturated carbocycles. The Kier molecular flexibility index (Phi) is 8.81. The van der Waals surface area contributed by atoms with E-state index in [1.165, 1.54) is 13.2 Å². The first-order chi connectivity index (χ1) is 13.6. The van der Waals surface area contributed by atoms with Crippen molar-refractivity contribution >= 4 is 35.6 Å². The van der Waals surface area contributed by atoms with Crippen LogP contribution in [0.5, 0.6) is 11.5 Å². The van der Waals surface area contributed by atoms with Crippen molar-refractivity contribution in [1.29, 1.82) is 0 Å². The largest absolute Gasteiger partial charge is 0.504 e. The summed E-state index contributed by atoms with van der Waals surface area (Å²) < 4.78 is 19.2. The van der Waals surface area contributed by atoms with Gasteiger partial charge in [-0.05, 0) is 25.1 Å². The Labute approximate surface area is 188 Å². The normalized spacial score (nSPS) is 14.4. The second kappa shape index (κ2) is 11.1. The lowest BCUT2D eigenvalue weighted by Crippen LogP contribution is -2.52. The van der Waals surface area contributed by atoms with Crippen LogP contribution in [0.1, 0.15) is 12.5 Å². The average Bonchev–Trinajstić information content (AvgIpc) is 2.72. The molecule has 1 aliphatic heterocycles. The molecular weight excluding hydrogens is 486 g/mol. The fourth-order valence-corrected chi connectivity index (χ4v) is 3.31. The third-order valence-corrected chi connectivity index (χ3v) is 4.81. The highest BCUT2D eigenvalue weighted by atomic mass is 127. The lowest BCUT2D eigenvalue weighted by molar-refractivity contribution is 0.367. The van der Waals surface area contributed by atoms with E-state index in [9.17, 15) is 9.50 Å². The fourth-order valence-electron chi connectivity index (χ4n) is 3.31. The summed E-state index contributed by atoms with van der Waals surface area (Å²) in [4.78, 5) is 8.91. The summed E-state index contributed by atoms with van der Waals surface area (Å²) in [5, 5.41) is 13.6. The summed E-state index contributed by atoms with van der Waals surface area (Å²) >= 11 is 0. The number of anilines is 1. The molecule has 3 rings (SSSR count). The van der Waals surface area contributed by atoms with Crippen molar-refractivity contribution in [3.05, 3.63) is 53.8 Å². The number of methoxy groups -OCH3 is 1. The first-order valence-corrected chi connectivity index (χ1v) is 9.51. The van der Waals surface area contributed by atoms with Crippen LogP contribution in [0.2, 0.25) is 0 Å². The Bertz CT molecular complexity index is 826. The predicted octanol–water partition coefficient (Wildman–Crippen LogP) is 3.45. The van der Waals surface area contributed by atoms with Gasteiger partial charge in [0.15, 0.2) is 17.5 Å². The van der Waals surface area contributed by atoms with Gasteiger partial charge in [0.1, 0.15) is 5.82 Å². The van der Waals surface area contributed by atoms with Gasteiger partial charge >= 0.3 is 0 Å². The molecular formula is C21H28FIN4O2. The first-order valence-electron chi connectivity index (χ1n) is 9.51. The lowest BCUT2D eigenvalue weighted by Gasteiger charge is -2.37. The molecule has 2 aromatic rings. The summed E-state index contributed by atoms with van der Waals surface area (Å²) in [6, 6.07) is 12.3. The minimum absolute atomic E-state index is 0. The minimum Gasteiger partial charge on any atom is -0.504 e. The molecule has 0 amide bonds.